The molecular formula is C9H24N2O3Si. The molecule has 0 radical (unpaired) electrons. The summed E-state index contributed by atoms with van der Waals surface area (Å²) in [6.45, 7) is 8.23. The summed E-state index contributed by atoms with van der Waals surface area (Å²) in [4.78, 5) is 0. The SMILES string of the molecule is COC(NNCOCC[Si](C)(C)C)OC. The lowest BCUT2D eigenvalue weighted by Crippen LogP contribution is -2.44. The summed E-state index contributed by atoms with van der Waals surface area (Å²) in [5.41, 5.74) is 5.68. The first-order chi connectivity index (χ1) is 6.99. The fraction of sp³-hybridized carbons (Fsp3) is 1.00. The van der Waals surface area contributed by atoms with E-state index >= 15 is 0 Å². The summed E-state index contributed by atoms with van der Waals surface area (Å²) in [5, 5.41) is 0. The molecule has 0 saturated heterocycles. The van der Waals surface area contributed by atoms with E-state index in [0.29, 0.717) is 6.73 Å². The number of methoxy groups -OCH3 is 2. The van der Waals surface area contributed by atoms with Gasteiger partial charge in [-0.2, -0.15) is 0 Å². The van der Waals surface area contributed by atoms with Crippen LogP contribution >= 0.6 is 0 Å². The molecule has 2 N–H and O–H groups in total. The van der Waals surface area contributed by atoms with Crippen molar-refractivity contribution in [3.05, 3.63) is 0 Å². The third-order valence-electron chi connectivity index (χ3n) is 1.82. The van der Waals surface area contributed by atoms with Crippen molar-refractivity contribution in [2.75, 3.05) is 27.6 Å². The first kappa shape index (κ1) is 15.0. The highest BCUT2D eigenvalue weighted by Crippen LogP contribution is 2.06. The summed E-state index contributed by atoms with van der Waals surface area (Å²) in [7, 11) is 2.15. The van der Waals surface area contributed by atoms with E-state index in [0.717, 1.165) is 6.61 Å². The highest BCUT2D eigenvalue weighted by atomic mass is 28.3. The molecule has 0 bridgehead atoms. The Bertz CT molecular complexity index is 149. The molecule has 0 saturated carbocycles. The van der Waals surface area contributed by atoms with E-state index in [1.165, 1.54) is 6.04 Å². The average Bonchev–Trinajstić information content (AvgIpc) is 2.15. The third kappa shape index (κ3) is 10.3. The Morgan fingerprint density at radius 1 is 1.13 bits per heavy atom. The van der Waals surface area contributed by atoms with Crippen LogP contribution in [-0.4, -0.2) is 42.0 Å². The molecule has 0 aromatic carbocycles. The smallest absolute Gasteiger partial charge is 0.228 e. The van der Waals surface area contributed by atoms with Gasteiger partial charge < -0.3 is 14.2 Å². The van der Waals surface area contributed by atoms with Gasteiger partial charge in [-0.25, -0.2) is 10.9 Å². The summed E-state index contributed by atoms with van der Waals surface area (Å²) >= 11 is 0. The molecule has 92 valence electrons. The van der Waals surface area contributed by atoms with Crippen LogP contribution in [0, 0.1) is 0 Å². The summed E-state index contributed by atoms with van der Waals surface area (Å²) in [6.07, 6.45) is -0.439. The van der Waals surface area contributed by atoms with Gasteiger partial charge in [0.05, 0.1) is 0 Å². The molecule has 0 rings (SSSR count). The Morgan fingerprint density at radius 2 is 1.73 bits per heavy atom. The summed E-state index contributed by atoms with van der Waals surface area (Å²) in [5.74, 6) is 0. The second kappa shape index (κ2) is 8.20. The second-order valence-electron chi connectivity index (χ2n) is 4.49. The monoisotopic (exact) mass is 236 g/mol. The maximum absolute atomic E-state index is 5.40. The predicted octanol–water partition coefficient (Wildman–Crippen LogP) is 0.969. The first-order valence-electron chi connectivity index (χ1n) is 5.11. The minimum atomic E-state index is -0.976. The van der Waals surface area contributed by atoms with Crippen molar-refractivity contribution >= 4 is 8.07 Å². The van der Waals surface area contributed by atoms with E-state index in [1.54, 1.807) is 14.2 Å². The number of hydrogen-bond acceptors (Lipinski definition) is 5. The lowest BCUT2D eigenvalue weighted by Gasteiger charge is -2.17. The fourth-order valence-electron chi connectivity index (χ4n) is 0.841. The zero-order valence-corrected chi connectivity index (χ0v) is 11.4. The van der Waals surface area contributed by atoms with Crippen LogP contribution in [0.15, 0.2) is 0 Å². The van der Waals surface area contributed by atoms with Crippen LogP contribution in [0.2, 0.25) is 25.7 Å². The number of ether oxygens (including phenoxy) is 3. The van der Waals surface area contributed by atoms with Gasteiger partial charge in [0.25, 0.3) is 0 Å². The number of rotatable bonds is 9. The van der Waals surface area contributed by atoms with Gasteiger partial charge >= 0.3 is 0 Å². The molecule has 0 heterocycles. The maximum Gasteiger partial charge on any atom is 0.228 e. The third-order valence-corrected chi connectivity index (χ3v) is 3.52. The van der Waals surface area contributed by atoms with Crippen molar-refractivity contribution in [1.29, 1.82) is 0 Å². The largest absolute Gasteiger partial charge is 0.365 e. The molecule has 0 aromatic rings. The molecule has 15 heavy (non-hydrogen) atoms. The number of nitrogens with one attached hydrogen (secondary N) is 2. The van der Waals surface area contributed by atoms with E-state index < -0.39 is 14.5 Å². The lowest BCUT2D eigenvalue weighted by atomic mass is 10.8. The Labute approximate surface area is 93.5 Å². The molecule has 0 aromatic heterocycles. The van der Waals surface area contributed by atoms with Crippen LogP contribution in [0.5, 0.6) is 0 Å². The minimum absolute atomic E-state index is 0.439. The molecule has 0 unspecified atom stereocenters. The zero-order chi connectivity index (χ0) is 11.7. The fourth-order valence-corrected chi connectivity index (χ4v) is 1.60. The molecule has 0 aliphatic carbocycles. The Kier molecular flexibility index (Phi) is 8.21. The minimum Gasteiger partial charge on any atom is -0.365 e. The molecule has 0 amide bonds. The van der Waals surface area contributed by atoms with Crippen LogP contribution in [0.3, 0.4) is 0 Å². The zero-order valence-electron chi connectivity index (χ0n) is 10.4. The summed E-state index contributed by atoms with van der Waals surface area (Å²) in [6, 6.07) is 1.17. The van der Waals surface area contributed by atoms with Crippen LogP contribution in [0.25, 0.3) is 0 Å². The van der Waals surface area contributed by atoms with Crippen molar-refractivity contribution in [3.8, 4) is 0 Å². The Balaban J connectivity index is 3.25. The van der Waals surface area contributed by atoms with Crippen molar-refractivity contribution < 1.29 is 14.2 Å². The van der Waals surface area contributed by atoms with Crippen molar-refractivity contribution in [1.82, 2.24) is 10.9 Å². The van der Waals surface area contributed by atoms with Gasteiger partial charge in [0, 0.05) is 28.9 Å². The summed E-state index contributed by atoms with van der Waals surface area (Å²) < 4.78 is 15.2. The van der Waals surface area contributed by atoms with E-state index in [1.807, 2.05) is 0 Å². The molecule has 0 atom stereocenters. The lowest BCUT2D eigenvalue weighted by molar-refractivity contribution is -0.135. The molecule has 0 aliphatic heterocycles. The second-order valence-corrected chi connectivity index (χ2v) is 10.1. The van der Waals surface area contributed by atoms with Gasteiger partial charge in [0.2, 0.25) is 6.41 Å². The Morgan fingerprint density at radius 3 is 2.20 bits per heavy atom. The molecule has 0 fully saturated rings. The van der Waals surface area contributed by atoms with Gasteiger partial charge in [-0.3, -0.25) is 0 Å². The van der Waals surface area contributed by atoms with Gasteiger partial charge in [-0.15, -0.1) is 0 Å². The van der Waals surface area contributed by atoms with Crippen LogP contribution in [0.1, 0.15) is 0 Å². The van der Waals surface area contributed by atoms with Crippen molar-refractivity contribution in [3.63, 3.8) is 0 Å². The predicted molar refractivity (Wildman–Crippen MR) is 63.0 cm³/mol. The molecular weight excluding hydrogens is 212 g/mol. The van der Waals surface area contributed by atoms with Gasteiger partial charge in [-0.1, -0.05) is 19.6 Å². The quantitative estimate of drug-likeness (QED) is 0.270. The maximum atomic E-state index is 5.40. The van der Waals surface area contributed by atoms with Gasteiger partial charge in [-0.05, 0) is 6.04 Å². The van der Waals surface area contributed by atoms with Gasteiger partial charge in [0.1, 0.15) is 6.73 Å². The first-order valence-corrected chi connectivity index (χ1v) is 8.82. The molecule has 0 aliphatic rings. The highest BCUT2D eigenvalue weighted by molar-refractivity contribution is 6.76. The van der Waals surface area contributed by atoms with E-state index in [-0.39, 0.29) is 0 Å². The molecule has 0 spiro atoms. The standard InChI is InChI=1S/C9H24N2O3Si/c1-12-9(13-2)11-10-8-14-6-7-15(3,4)5/h9-11H,6-8H2,1-5H3. The normalized spacial score (nSPS) is 12.4. The highest BCUT2D eigenvalue weighted by Gasteiger charge is 2.11. The molecule has 6 heteroatoms. The van der Waals surface area contributed by atoms with Crippen LogP contribution in [0.4, 0.5) is 0 Å². The van der Waals surface area contributed by atoms with E-state index in [4.69, 9.17) is 14.2 Å². The van der Waals surface area contributed by atoms with E-state index in [2.05, 4.69) is 30.5 Å². The topological polar surface area (TPSA) is 51.8 Å². The van der Waals surface area contributed by atoms with Crippen molar-refractivity contribution in [2.24, 2.45) is 0 Å². The van der Waals surface area contributed by atoms with Crippen molar-refractivity contribution in [2.45, 2.75) is 32.1 Å². The van der Waals surface area contributed by atoms with Crippen LogP contribution in [-0.2, 0) is 14.2 Å². The van der Waals surface area contributed by atoms with E-state index in [9.17, 15) is 0 Å². The molecule has 5 nitrogen and oxygen atoms in total. The Hall–Kier alpha value is 0.0169. The van der Waals surface area contributed by atoms with Crippen LogP contribution < -0.4 is 10.9 Å². The number of hydrogen-bond donors (Lipinski definition) is 2. The number of hydrazine groups is 1. The average molecular weight is 236 g/mol. The van der Waals surface area contributed by atoms with Gasteiger partial charge in [0.15, 0.2) is 0 Å².